The van der Waals surface area contributed by atoms with E-state index in [9.17, 15) is 4.79 Å². The van der Waals surface area contributed by atoms with Crippen molar-refractivity contribution in [2.45, 2.75) is 19.9 Å². The number of imidazole rings is 1. The summed E-state index contributed by atoms with van der Waals surface area (Å²) in [4.78, 5) is 16.6. The largest absolute Gasteiger partial charge is 0.350 e. The average molecular weight is 267 g/mol. The van der Waals surface area contributed by atoms with E-state index in [0.717, 1.165) is 22.2 Å². The van der Waals surface area contributed by atoms with Crippen LogP contribution in [0.2, 0.25) is 0 Å². The van der Waals surface area contributed by atoms with Crippen LogP contribution in [0.5, 0.6) is 0 Å². The topological polar surface area (TPSA) is 39.8 Å². The molecule has 20 heavy (non-hydrogen) atoms. The first-order chi connectivity index (χ1) is 9.65. The molecule has 0 N–H and O–H groups in total. The van der Waals surface area contributed by atoms with Gasteiger partial charge in [0.2, 0.25) is 0 Å². The fourth-order valence-electron chi connectivity index (χ4n) is 2.52. The third-order valence-electron chi connectivity index (χ3n) is 3.56. The van der Waals surface area contributed by atoms with Gasteiger partial charge in [0.1, 0.15) is 0 Å². The molecule has 0 fully saturated rings. The molecule has 3 rings (SSSR count). The first kappa shape index (κ1) is 12.7. The van der Waals surface area contributed by atoms with Gasteiger partial charge in [0, 0.05) is 48.9 Å². The minimum Gasteiger partial charge on any atom is -0.350 e. The Bertz CT molecular complexity index is 767. The van der Waals surface area contributed by atoms with Crippen molar-refractivity contribution in [3.8, 4) is 0 Å². The second-order valence-electron chi connectivity index (χ2n) is 5.10. The van der Waals surface area contributed by atoms with Crippen LogP contribution in [0, 0.1) is 6.92 Å². The maximum absolute atomic E-state index is 12.4. The van der Waals surface area contributed by atoms with E-state index in [1.807, 2.05) is 59.8 Å². The predicted octanol–water partition coefficient (Wildman–Crippen LogP) is 2.96. The summed E-state index contributed by atoms with van der Waals surface area (Å²) in [6.45, 7) is 2.62. The first-order valence-electron chi connectivity index (χ1n) is 6.71. The summed E-state index contributed by atoms with van der Waals surface area (Å²) in [5, 5.41) is 1.03. The summed E-state index contributed by atoms with van der Waals surface area (Å²) in [6, 6.07) is 8.00. The molecule has 2 heterocycles. The Labute approximate surface area is 117 Å². The van der Waals surface area contributed by atoms with Crippen LogP contribution in [0.1, 0.15) is 22.5 Å². The minimum atomic E-state index is 0.174. The first-order valence-corrected chi connectivity index (χ1v) is 6.71. The molecule has 0 aliphatic heterocycles. The third-order valence-corrected chi connectivity index (χ3v) is 3.56. The van der Waals surface area contributed by atoms with Gasteiger partial charge in [0.25, 0.3) is 0 Å². The van der Waals surface area contributed by atoms with Crippen molar-refractivity contribution >= 4 is 16.7 Å². The van der Waals surface area contributed by atoms with E-state index >= 15 is 0 Å². The molecule has 0 atom stereocenters. The van der Waals surface area contributed by atoms with Gasteiger partial charge < -0.3 is 9.13 Å². The van der Waals surface area contributed by atoms with E-state index in [0.29, 0.717) is 13.0 Å². The smallest absolute Gasteiger partial charge is 0.166 e. The molecule has 0 bridgehead atoms. The van der Waals surface area contributed by atoms with Crippen molar-refractivity contribution in [3.05, 3.63) is 54.2 Å². The monoisotopic (exact) mass is 267 g/mol. The highest BCUT2D eigenvalue weighted by Gasteiger charge is 2.13. The number of carbonyl (C=O) groups is 1. The Morgan fingerprint density at radius 1 is 1.25 bits per heavy atom. The summed E-state index contributed by atoms with van der Waals surface area (Å²) in [6.07, 6.45) is 6.14. The van der Waals surface area contributed by atoms with E-state index in [1.165, 1.54) is 0 Å². The number of ketones is 1. The lowest BCUT2D eigenvalue weighted by molar-refractivity contribution is 0.0978. The van der Waals surface area contributed by atoms with Crippen LogP contribution < -0.4 is 0 Å². The van der Waals surface area contributed by atoms with Crippen LogP contribution in [0.3, 0.4) is 0 Å². The molecule has 3 aromatic rings. The van der Waals surface area contributed by atoms with Gasteiger partial charge in [0.15, 0.2) is 5.78 Å². The second-order valence-corrected chi connectivity index (χ2v) is 5.10. The molecule has 0 saturated carbocycles. The standard InChI is InChI=1S/C16H17N3O/c1-12-9-19(11-17-12)8-7-16(20)14-10-18(2)15-6-4-3-5-13(14)15/h3-6,9-11H,7-8H2,1-2H3. The van der Waals surface area contributed by atoms with E-state index in [-0.39, 0.29) is 5.78 Å². The highest BCUT2D eigenvalue weighted by molar-refractivity contribution is 6.08. The summed E-state index contributed by atoms with van der Waals surface area (Å²) in [7, 11) is 1.97. The van der Waals surface area contributed by atoms with Gasteiger partial charge in [-0.2, -0.15) is 0 Å². The van der Waals surface area contributed by atoms with Crippen molar-refractivity contribution in [1.82, 2.24) is 14.1 Å². The number of fused-ring (bicyclic) bond motifs is 1. The van der Waals surface area contributed by atoms with Gasteiger partial charge in [-0.3, -0.25) is 4.79 Å². The molecule has 0 aliphatic rings. The Morgan fingerprint density at radius 2 is 2.05 bits per heavy atom. The number of carbonyl (C=O) groups excluding carboxylic acids is 1. The normalized spacial score (nSPS) is 11.1. The molecule has 0 unspecified atom stereocenters. The zero-order valence-electron chi connectivity index (χ0n) is 11.7. The molecular weight excluding hydrogens is 250 g/mol. The molecule has 1 aromatic carbocycles. The molecule has 0 radical (unpaired) electrons. The van der Waals surface area contributed by atoms with Crippen molar-refractivity contribution in [2.24, 2.45) is 7.05 Å². The van der Waals surface area contributed by atoms with Crippen LogP contribution >= 0.6 is 0 Å². The van der Waals surface area contributed by atoms with Crippen LogP contribution in [0.15, 0.2) is 43.0 Å². The lowest BCUT2D eigenvalue weighted by Gasteiger charge is -2.01. The SMILES string of the molecule is Cc1cn(CCC(=O)c2cn(C)c3ccccc23)cn1. The fraction of sp³-hybridized carbons (Fsp3) is 0.250. The van der Waals surface area contributed by atoms with Crippen LogP contribution in [-0.2, 0) is 13.6 Å². The predicted molar refractivity (Wildman–Crippen MR) is 78.8 cm³/mol. The Balaban J connectivity index is 1.82. The molecule has 102 valence electrons. The van der Waals surface area contributed by atoms with E-state index in [1.54, 1.807) is 6.33 Å². The van der Waals surface area contributed by atoms with Gasteiger partial charge in [-0.1, -0.05) is 18.2 Å². The molecule has 0 saturated heterocycles. The molecule has 0 spiro atoms. The van der Waals surface area contributed by atoms with Crippen molar-refractivity contribution in [2.75, 3.05) is 0 Å². The van der Waals surface area contributed by atoms with E-state index in [2.05, 4.69) is 4.98 Å². The lowest BCUT2D eigenvalue weighted by Crippen LogP contribution is -2.04. The van der Waals surface area contributed by atoms with Gasteiger partial charge >= 0.3 is 0 Å². The van der Waals surface area contributed by atoms with Crippen molar-refractivity contribution in [3.63, 3.8) is 0 Å². The lowest BCUT2D eigenvalue weighted by atomic mass is 10.1. The molecule has 0 aliphatic carbocycles. The van der Waals surface area contributed by atoms with E-state index < -0.39 is 0 Å². The van der Waals surface area contributed by atoms with Gasteiger partial charge in [0.05, 0.1) is 12.0 Å². The highest BCUT2D eigenvalue weighted by atomic mass is 16.1. The molecule has 4 heteroatoms. The average Bonchev–Trinajstić information content (AvgIpc) is 3.01. The number of Topliss-reactive ketones (excluding diaryl/α,β-unsaturated/α-hetero) is 1. The Kier molecular flexibility index (Phi) is 3.14. The number of hydrogen-bond acceptors (Lipinski definition) is 2. The fourth-order valence-corrected chi connectivity index (χ4v) is 2.52. The van der Waals surface area contributed by atoms with E-state index in [4.69, 9.17) is 0 Å². The van der Waals surface area contributed by atoms with Gasteiger partial charge in [-0.25, -0.2) is 4.98 Å². The van der Waals surface area contributed by atoms with Crippen LogP contribution in [0.25, 0.3) is 10.9 Å². The quantitative estimate of drug-likeness (QED) is 0.682. The Hall–Kier alpha value is -2.36. The van der Waals surface area contributed by atoms with Crippen molar-refractivity contribution < 1.29 is 4.79 Å². The Morgan fingerprint density at radius 3 is 2.80 bits per heavy atom. The summed E-state index contributed by atoms with van der Waals surface area (Å²) in [5.41, 5.74) is 2.87. The number of hydrogen-bond donors (Lipinski definition) is 0. The molecular formula is C16H17N3O. The van der Waals surface area contributed by atoms with Crippen molar-refractivity contribution in [1.29, 1.82) is 0 Å². The number of rotatable bonds is 4. The summed E-state index contributed by atoms with van der Waals surface area (Å²) >= 11 is 0. The maximum Gasteiger partial charge on any atom is 0.166 e. The number of para-hydroxylation sites is 1. The molecule has 4 nitrogen and oxygen atoms in total. The zero-order valence-corrected chi connectivity index (χ0v) is 11.7. The number of aryl methyl sites for hydroxylation is 3. The third kappa shape index (κ3) is 2.25. The van der Waals surface area contributed by atoms with Crippen LogP contribution in [0.4, 0.5) is 0 Å². The minimum absolute atomic E-state index is 0.174. The highest BCUT2D eigenvalue weighted by Crippen LogP contribution is 2.21. The number of nitrogens with zero attached hydrogens (tertiary/aromatic N) is 3. The molecule has 0 amide bonds. The molecule has 2 aromatic heterocycles. The summed E-state index contributed by atoms with van der Waals surface area (Å²) in [5.74, 6) is 0.174. The number of benzene rings is 1. The van der Waals surface area contributed by atoms with Gasteiger partial charge in [-0.05, 0) is 13.0 Å². The van der Waals surface area contributed by atoms with Gasteiger partial charge in [-0.15, -0.1) is 0 Å². The second kappa shape index (κ2) is 4.96. The van der Waals surface area contributed by atoms with Crippen LogP contribution in [-0.4, -0.2) is 19.9 Å². The zero-order chi connectivity index (χ0) is 14.1. The summed E-state index contributed by atoms with van der Waals surface area (Å²) < 4.78 is 3.96. The number of aromatic nitrogens is 3. The maximum atomic E-state index is 12.4.